The number of carbonyl (C=O) groups is 1. The molecular weight excluding hydrogens is 363 g/mol. The third-order valence-electron chi connectivity index (χ3n) is 4.05. The van der Waals surface area contributed by atoms with Crippen LogP contribution < -0.4 is 14.8 Å². The molecule has 1 amide bonds. The van der Waals surface area contributed by atoms with Gasteiger partial charge in [0.15, 0.2) is 17.1 Å². The number of alkyl halides is 3. The number of pyridine rings is 2. The molecule has 1 aromatic carbocycles. The number of nitrogens with zero attached hydrogens (tertiary/aromatic N) is 2. The summed E-state index contributed by atoms with van der Waals surface area (Å²) in [6.45, 7) is 1.63. The van der Waals surface area contributed by atoms with E-state index in [-0.39, 0.29) is 18.3 Å². The highest BCUT2D eigenvalue weighted by molar-refractivity contribution is 6.04. The van der Waals surface area contributed by atoms with Crippen LogP contribution in [0, 0.1) is 6.92 Å². The highest BCUT2D eigenvalue weighted by atomic mass is 19.4. The standard InChI is InChI=1S/C18H12F3N3O3/c1-9-6-14(18(19,20)21)22-16-11(9)3-5-15(23-16)24-17(25)10-2-4-12-13(7-10)27-8-26-12/h2-7H,8H2,1H3,(H,22,23,24,25). The minimum atomic E-state index is -4.58. The highest BCUT2D eigenvalue weighted by Crippen LogP contribution is 2.33. The zero-order valence-electron chi connectivity index (χ0n) is 13.9. The second-order valence-electron chi connectivity index (χ2n) is 5.91. The van der Waals surface area contributed by atoms with Crippen LogP contribution in [0.3, 0.4) is 0 Å². The number of aromatic nitrogens is 2. The number of amides is 1. The molecule has 0 bridgehead atoms. The van der Waals surface area contributed by atoms with Crippen molar-refractivity contribution in [2.75, 3.05) is 12.1 Å². The van der Waals surface area contributed by atoms with E-state index in [0.717, 1.165) is 6.07 Å². The largest absolute Gasteiger partial charge is 0.454 e. The van der Waals surface area contributed by atoms with Gasteiger partial charge in [-0.2, -0.15) is 13.2 Å². The maximum absolute atomic E-state index is 13.0. The molecule has 138 valence electrons. The van der Waals surface area contributed by atoms with Gasteiger partial charge in [-0.05, 0) is 48.9 Å². The van der Waals surface area contributed by atoms with Gasteiger partial charge in [-0.25, -0.2) is 9.97 Å². The van der Waals surface area contributed by atoms with E-state index in [4.69, 9.17) is 9.47 Å². The number of fused-ring (bicyclic) bond motifs is 2. The van der Waals surface area contributed by atoms with E-state index in [2.05, 4.69) is 15.3 Å². The Kier molecular flexibility index (Phi) is 3.87. The van der Waals surface area contributed by atoms with Gasteiger partial charge in [-0.15, -0.1) is 0 Å². The molecule has 0 saturated heterocycles. The third kappa shape index (κ3) is 3.23. The molecule has 0 aliphatic carbocycles. The molecule has 2 aromatic heterocycles. The van der Waals surface area contributed by atoms with Crippen LogP contribution in [0.15, 0.2) is 36.4 Å². The molecular formula is C18H12F3N3O3. The van der Waals surface area contributed by atoms with E-state index in [1.807, 2.05) is 0 Å². The molecule has 3 heterocycles. The molecule has 3 aromatic rings. The Labute approximate surface area is 150 Å². The van der Waals surface area contributed by atoms with Crippen molar-refractivity contribution >= 4 is 22.8 Å². The molecule has 27 heavy (non-hydrogen) atoms. The quantitative estimate of drug-likeness (QED) is 0.735. The second kappa shape index (κ2) is 6.11. The molecule has 0 spiro atoms. The van der Waals surface area contributed by atoms with Gasteiger partial charge in [0.05, 0.1) is 0 Å². The van der Waals surface area contributed by atoms with Crippen LogP contribution in [0.5, 0.6) is 11.5 Å². The number of halogens is 3. The normalized spacial score (nSPS) is 13.0. The second-order valence-corrected chi connectivity index (χ2v) is 5.91. The summed E-state index contributed by atoms with van der Waals surface area (Å²) in [5, 5.41) is 3.03. The number of anilines is 1. The fourth-order valence-corrected chi connectivity index (χ4v) is 2.71. The number of rotatable bonds is 2. The van der Waals surface area contributed by atoms with Gasteiger partial charge in [0.1, 0.15) is 11.5 Å². The molecule has 4 rings (SSSR count). The lowest BCUT2D eigenvalue weighted by molar-refractivity contribution is -0.141. The molecule has 0 atom stereocenters. The Balaban J connectivity index is 1.64. The minimum absolute atomic E-state index is 0.0825. The van der Waals surface area contributed by atoms with E-state index >= 15 is 0 Å². The minimum Gasteiger partial charge on any atom is -0.454 e. The summed E-state index contributed by atoms with van der Waals surface area (Å²) < 4.78 is 49.3. The average molecular weight is 375 g/mol. The van der Waals surface area contributed by atoms with E-state index in [0.29, 0.717) is 28.0 Å². The van der Waals surface area contributed by atoms with Crippen molar-refractivity contribution < 1.29 is 27.4 Å². The van der Waals surface area contributed by atoms with Crippen LogP contribution in [-0.4, -0.2) is 22.7 Å². The van der Waals surface area contributed by atoms with Crippen LogP contribution >= 0.6 is 0 Å². The van der Waals surface area contributed by atoms with Crippen molar-refractivity contribution in [3.63, 3.8) is 0 Å². The van der Waals surface area contributed by atoms with Crippen molar-refractivity contribution in [1.29, 1.82) is 0 Å². The zero-order valence-corrected chi connectivity index (χ0v) is 13.9. The summed E-state index contributed by atoms with van der Waals surface area (Å²) in [7, 11) is 0. The van der Waals surface area contributed by atoms with Crippen molar-refractivity contribution in [3.8, 4) is 11.5 Å². The fourth-order valence-electron chi connectivity index (χ4n) is 2.71. The SMILES string of the molecule is Cc1cc(C(F)(F)F)nc2nc(NC(=O)c3ccc4c(c3)OCO4)ccc12. The summed E-state index contributed by atoms with van der Waals surface area (Å²) in [4.78, 5) is 20.0. The van der Waals surface area contributed by atoms with Crippen molar-refractivity contribution in [1.82, 2.24) is 9.97 Å². The first kappa shape index (κ1) is 17.1. The number of nitrogens with one attached hydrogen (secondary N) is 1. The van der Waals surface area contributed by atoms with E-state index in [1.165, 1.54) is 12.1 Å². The fraction of sp³-hybridized carbons (Fsp3) is 0.167. The molecule has 1 N–H and O–H groups in total. The highest BCUT2D eigenvalue weighted by Gasteiger charge is 2.33. The van der Waals surface area contributed by atoms with E-state index < -0.39 is 17.8 Å². The number of aryl methyl sites for hydroxylation is 1. The van der Waals surface area contributed by atoms with Crippen molar-refractivity contribution in [2.45, 2.75) is 13.1 Å². The average Bonchev–Trinajstić information content (AvgIpc) is 3.08. The first-order valence-electron chi connectivity index (χ1n) is 7.88. The molecule has 0 radical (unpaired) electrons. The van der Waals surface area contributed by atoms with Gasteiger partial charge in [0.2, 0.25) is 6.79 Å². The predicted molar refractivity (Wildman–Crippen MR) is 89.8 cm³/mol. The van der Waals surface area contributed by atoms with Crippen molar-refractivity contribution in [2.24, 2.45) is 0 Å². The van der Waals surface area contributed by atoms with Crippen LogP contribution in [0.2, 0.25) is 0 Å². The monoisotopic (exact) mass is 375 g/mol. The van der Waals surface area contributed by atoms with Gasteiger partial charge in [-0.3, -0.25) is 4.79 Å². The third-order valence-corrected chi connectivity index (χ3v) is 4.05. The Morgan fingerprint density at radius 2 is 1.85 bits per heavy atom. The maximum Gasteiger partial charge on any atom is 0.433 e. The Morgan fingerprint density at radius 3 is 2.63 bits per heavy atom. The number of benzene rings is 1. The first-order valence-corrected chi connectivity index (χ1v) is 7.88. The lowest BCUT2D eigenvalue weighted by Crippen LogP contribution is -2.13. The van der Waals surface area contributed by atoms with Gasteiger partial charge >= 0.3 is 6.18 Å². The van der Waals surface area contributed by atoms with Gasteiger partial charge in [0, 0.05) is 10.9 Å². The van der Waals surface area contributed by atoms with E-state index in [1.54, 1.807) is 25.1 Å². The van der Waals surface area contributed by atoms with Gasteiger partial charge < -0.3 is 14.8 Å². The maximum atomic E-state index is 13.0. The molecule has 0 unspecified atom stereocenters. The Bertz CT molecular complexity index is 1070. The topological polar surface area (TPSA) is 73.3 Å². The molecule has 9 heteroatoms. The summed E-state index contributed by atoms with van der Waals surface area (Å²) >= 11 is 0. The molecule has 0 saturated carbocycles. The molecule has 1 aliphatic heterocycles. The molecule has 6 nitrogen and oxygen atoms in total. The molecule has 0 fully saturated rings. The first-order chi connectivity index (χ1) is 12.8. The van der Waals surface area contributed by atoms with E-state index in [9.17, 15) is 18.0 Å². The van der Waals surface area contributed by atoms with Crippen LogP contribution in [0.25, 0.3) is 11.0 Å². The Hall–Kier alpha value is -3.36. The number of ether oxygens (including phenoxy) is 2. The number of hydrogen-bond donors (Lipinski definition) is 1. The summed E-state index contributed by atoms with van der Waals surface area (Å²) in [5.74, 6) is 0.594. The van der Waals surface area contributed by atoms with Gasteiger partial charge in [0.25, 0.3) is 5.91 Å². The van der Waals surface area contributed by atoms with Gasteiger partial charge in [-0.1, -0.05) is 0 Å². The molecule has 1 aliphatic rings. The Morgan fingerprint density at radius 1 is 1.07 bits per heavy atom. The smallest absolute Gasteiger partial charge is 0.433 e. The summed E-state index contributed by atoms with van der Waals surface area (Å²) in [5.41, 5.74) is -0.423. The predicted octanol–water partition coefficient (Wildman–Crippen LogP) is 3.94. The lowest BCUT2D eigenvalue weighted by Gasteiger charge is -2.10. The zero-order chi connectivity index (χ0) is 19.2. The summed E-state index contributed by atoms with van der Waals surface area (Å²) in [6, 6.07) is 8.71. The summed E-state index contributed by atoms with van der Waals surface area (Å²) in [6.07, 6.45) is -4.58. The van der Waals surface area contributed by atoms with Crippen LogP contribution in [0.1, 0.15) is 21.6 Å². The number of carbonyl (C=O) groups excluding carboxylic acids is 1. The van der Waals surface area contributed by atoms with Crippen LogP contribution in [-0.2, 0) is 6.18 Å². The van der Waals surface area contributed by atoms with Crippen LogP contribution in [0.4, 0.5) is 19.0 Å². The van der Waals surface area contributed by atoms with Crippen molar-refractivity contribution in [3.05, 3.63) is 53.2 Å². The number of hydrogen-bond acceptors (Lipinski definition) is 5. The lowest BCUT2D eigenvalue weighted by atomic mass is 10.1.